The Balaban J connectivity index is 0.928. The zero-order chi connectivity index (χ0) is 61.3. The van der Waals surface area contributed by atoms with Gasteiger partial charge in [-0.05, 0) is 124 Å². The molecule has 1 unspecified atom stereocenters. The third-order valence-corrected chi connectivity index (χ3v) is 18.8. The van der Waals surface area contributed by atoms with E-state index >= 15 is 0 Å². The molecule has 0 amide bonds. The molecule has 93 heavy (non-hydrogen) atoms. The summed E-state index contributed by atoms with van der Waals surface area (Å²) in [5, 5.41) is 7.15. The maximum absolute atomic E-state index is 5.65. The number of allylic oxidation sites excluding steroid dienone is 4. The molecule has 0 spiro atoms. The second-order valence-electron chi connectivity index (χ2n) is 24.2. The Morgan fingerprint density at radius 2 is 0.710 bits per heavy atom. The van der Waals surface area contributed by atoms with Gasteiger partial charge in [0.15, 0.2) is 17.5 Å². The van der Waals surface area contributed by atoms with Gasteiger partial charge in [0.1, 0.15) is 0 Å². The molecule has 1 aliphatic carbocycles. The molecule has 4 aromatic heterocycles. The van der Waals surface area contributed by atoms with Gasteiger partial charge in [0.05, 0.1) is 44.5 Å². The molecule has 17 aromatic rings. The monoisotopic (exact) mass is 1190 g/mol. The molecule has 13 aromatic carbocycles. The zero-order valence-electron chi connectivity index (χ0n) is 50.7. The molecule has 1 aliphatic rings. The van der Waals surface area contributed by atoms with Crippen molar-refractivity contribution >= 4 is 65.4 Å². The van der Waals surface area contributed by atoms with E-state index in [9.17, 15) is 0 Å². The van der Waals surface area contributed by atoms with Gasteiger partial charge in [0, 0.05) is 71.7 Å². The van der Waals surface area contributed by atoms with Crippen LogP contribution >= 0.6 is 0 Å². The van der Waals surface area contributed by atoms with Crippen molar-refractivity contribution in [3.63, 3.8) is 0 Å². The lowest BCUT2D eigenvalue weighted by molar-refractivity contribution is 0.854. The quantitative estimate of drug-likeness (QED) is 0.130. The van der Waals surface area contributed by atoms with Crippen LogP contribution in [0.5, 0.6) is 0 Å². The Morgan fingerprint density at radius 3 is 1.25 bits per heavy atom. The predicted molar refractivity (Wildman–Crippen MR) is 387 cm³/mol. The van der Waals surface area contributed by atoms with Gasteiger partial charge in [-0.25, -0.2) is 15.0 Å². The Labute approximate surface area is 538 Å². The van der Waals surface area contributed by atoms with Crippen molar-refractivity contribution in [2.24, 2.45) is 0 Å². The van der Waals surface area contributed by atoms with Crippen molar-refractivity contribution in [3.05, 3.63) is 339 Å². The third-order valence-electron chi connectivity index (χ3n) is 18.8. The minimum absolute atomic E-state index is 0.192. The molecule has 0 fully saturated rings. The lowest BCUT2D eigenvalue weighted by atomic mass is 9.88. The van der Waals surface area contributed by atoms with Crippen molar-refractivity contribution in [1.82, 2.24) is 28.7 Å². The molecule has 0 saturated heterocycles. The van der Waals surface area contributed by atoms with Gasteiger partial charge in [-0.1, -0.05) is 255 Å². The normalized spacial score (nSPS) is 13.1. The van der Waals surface area contributed by atoms with Crippen LogP contribution in [-0.2, 0) is 0 Å². The van der Waals surface area contributed by atoms with Gasteiger partial charge in [-0.15, -0.1) is 0 Å². The molecule has 0 radical (unpaired) electrons. The van der Waals surface area contributed by atoms with Crippen LogP contribution in [0.15, 0.2) is 334 Å². The minimum atomic E-state index is 0.192. The van der Waals surface area contributed by atoms with Gasteiger partial charge < -0.3 is 13.7 Å². The van der Waals surface area contributed by atoms with Gasteiger partial charge in [-0.3, -0.25) is 0 Å². The zero-order valence-corrected chi connectivity index (χ0v) is 50.7. The summed E-state index contributed by atoms with van der Waals surface area (Å²) >= 11 is 0. The van der Waals surface area contributed by atoms with E-state index in [4.69, 9.17) is 15.0 Å². The Hall–Kier alpha value is -12.3. The van der Waals surface area contributed by atoms with Crippen LogP contribution in [0.25, 0.3) is 161 Å². The smallest absolute Gasteiger partial charge is 0.164 e. The van der Waals surface area contributed by atoms with Gasteiger partial charge in [0.2, 0.25) is 0 Å². The fourth-order valence-corrected chi connectivity index (χ4v) is 14.5. The summed E-state index contributed by atoms with van der Waals surface area (Å²) in [6.45, 7) is 0. The van der Waals surface area contributed by atoms with E-state index in [1.807, 2.05) is 0 Å². The summed E-state index contributed by atoms with van der Waals surface area (Å²) in [5.74, 6) is 1.95. The molecular formula is C87H58N6. The largest absolute Gasteiger partial charge is 0.309 e. The topological polar surface area (TPSA) is 53.5 Å². The van der Waals surface area contributed by atoms with E-state index in [0.29, 0.717) is 17.5 Å². The molecule has 6 nitrogen and oxygen atoms in total. The first-order valence-electron chi connectivity index (χ1n) is 31.9. The average molecular weight is 1190 g/mol. The minimum Gasteiger partial charge on any atom is -0.309 e. The summed E-state index contributed by atoms with van der Waals surface area (Å²) in [6.07, 6.45) is 9.76. The van der Waals surface area contributed by atoms with Gasteiger partial charge in [0.25, 0.3) is 0 Å². The lowest BCUT2D eigenvalue weighted by Crippen LogP contribution is -2.05. The number of fused-ring (bicyclic) bond motifs is 9. The standard InChI is InChI=1S/C87H58N6/c1-6-25-57(26-7-1)60-45-47-63(48-46-60)85-88-86(66-52-64(58-27-8-2-9-28-58)51-65(53-66)59-29-10-3-11-30-59)90-87(89-85)67-54-73(61-31-12-4-13-32-61)84(74(55-67)62-33-14-5-15-34-62)93-80-50-49-68(91-76-39-20-16-35-69(76)70-36-17-21-40-77(70)91)56-75(80)83-81(43-24-44-82(83)93)92-78-41-22-18-37-71(78)72-38-19-23-42-79(72)92/h1-29,31-56,59H,30H2. The van der Waals surface area contributed by atoms with Crippen molar-refractivity contribution in [2.75, 3.05) is 0 Å². The highest BCUT2D eigenvalue weighted by Crippen LogP contribution is 2.47. The highest BCUT2D eigenvalue weighted by Gasteiger charge is 2.27. The van der Waals surface area contributed by atoms with Crippen molar-refractivity contribution < 1.29 is 0 Å². The summed E-state index contributed by atoms with van der Waals surface area (Å²) in [6, 6.07) is 112. The number of aromatic nitrogens is 6. The highest BCUT2D eigenvalue weighted by atomic mass is 15.0. The fraction of sp³-hybridized carbons (Fsp3) is 0.0230. The number of para-hydroxylation sites is 4. The summed E-state index contributed by atoms with van der Waals surface area (Å²) in [7, 11) is 0. The summed E-state index contributed by atoms with van der Waals surface area (Å²) in [4.78, 5) is 16.7. The number of hydrogen-bond acceptors (Lipinski definition) is 3. The predicted octanol–water partition coefficient (Wildman–Crippen LogP) is 22.4. The number of nitrogens with zero attached hydrogens (tertiary/aromatic N) is 6. The van der Waals surface area contributed by atoms with Crippen LogP contribution in [0.1, 0.15) is 17.9 Å². The average Bonchev–Trinajstić information content (AvgIpc) is 1.57. The number of benzene rings is 13. The van der Waals surface area contributed by atoms with Crippen molar-refractivity contribution in [2.45, 2.75) is 12.3 Å². The number of hydrogen-bond donors (Lipinski definition) is 0. The SMILES string of the molecule is C1=CCC(c2cc(-c3ccccc3)cc(-c3nc(-c4ccc(-c5ccccc5)cc4)nc(-c4cc(-c5ccccc5)c(-n5c6ccc(-n7c8ccccc8c8ccccc87)cc6c6c(-n7c8ccccc8c8ccccc87)cccc65)c(-c5ccccc5)c4)n3)c2)C=C1. The van der Waals surface area contributed by atoms with Crippen LogP contribution in [0.2, 0.25) is 0 Å². The van der Waals surface area contributed by atoms with Crippen LogP contribution in [-0.4, -0.2) is 28.7 Å². The van der Waals surface area contributed by atoms with Crippen LogP contribution in [0.4, 0.5) is 0 Å². The first-order valence-corrected chi connectivity index (χ1v) is 31.9. The highest BCUT2D eigenvalue weighted by molar-refractivity contribution is 6.18. The summed E-state index contributed by atoms with van der Waals surface area (Å²) < 4.78 is 7.46. The maximum Gasteiger partial charge on any atom is 0.164 e. The Kier molecular flexibility index (Phi) is 12.9. The van der Waals surface area contributed by atoms with Gasteiger partial charge in [-0.2, -0.15) is 0 Å². The van der Waals surface area contributed by atoms with E-state index in [1.165, 1.54) is 27.1 Å². The molecule has 0 N–H and O–H groups in total. The first-order chi connectivity index (χ1) is 46.1. The van der Waals surface area contributed by atoms with E-state index in [0.717, 1.165) is 129 Å². The summed E-state index contributed by atoms with van der Waals surface area (Å²) in [5.41, 5.74) is 22.6. The van der Waals surface area contributed by atoms with Crippen LogP contribution in [0, 0.1) is 0 Å². The Bertz CT molecular complexity index is 5650. The third kappa shape index (κ3) is 9.21. The molecule has 0 aliphatic heterocycles. The molecule has 18 rings (SSSR count). The van der Waals surface area contributed by atoms with E-state index in [1.54, 1.807) is 0 Å². The van der Waals surface area contributed by atoms with Crippen LogP contribution in [0.3, 0.4) is 0 Å². The van der Waals surface area contributed by atoms with Crippen LogP contribution < -0.4 is 0 Å². The van der Waals surface area contributed by atoms with E-state index in [-0.39, 0.29) is 5.92 Å². The fourth-order valence-electron chi connectivity index (χ4n) is 14.5. The maximum atomic E-state index is 5.65. The molecule has 4 heterocycles. The first kappa shape index (κ1) is 53.7. The van der Waals surface area contributed by atoms with E-state index in [2.05, 4.69) is 347 Å². The molecular weight excluding hydrogens is 1130 g/mol. The molecule has 0 saturated carbocycles. The van der Waals surface area contributed by atoms with Gasteiger partial charge >= 0.3 is 0 Å². The second kappa shape index (κ2) is 22.4. The van der Waals surface area contributed by atoms with Crippen molar-refractivity contribution in [1.29, 1.82) is 0 Å². The van der Waals surface area contributed by atoms with E-state index < -0.39 is 0 Å². The Morgan fingerprint density at radius 1 is 0.280 bits per heavy atom. The molecule has 0 bridgehead atoms. The number of rotatable bonds is 11. The second-order valence-corrected chi connectivity index (χ2v) is 24.2. The lowest BCUT2D eigenvalue weighted by Gasteiger charge is -2.21. The molecule has 436 valence electrons. The van der Waals surface area contributed by atoms with Crippen molar-refractivity contribution in [3.8, 4) is 95.7 Å². The molecule has 6 heteroatoms. The molecule has 1 atom stereocenters.